The molecule has 0 spiro atoms. The van der Waals surface area contributed by atoms with Gasteiger partial charge in [0, 0.05) is 0 Å². The number of aliphatic hydroxyl groups is 1. The summed E-state index contributed by atoms with van der Waals surface area (Å²) in [5.74, 6) is 0. The van der Waals surface area contributed by atoms with Crippen LogP contribution in [0.4, 0.5) is 0 Å². The van der Waals surface area contributed by atoms with Gasteiger partial charge in [-0.1, -0.05) is 19.9 Å². The Bertz CT molecular complexity index is 267. The van der Waals surface area contributed by atoms with Crippen molar-refractivity contribution in [3.63, 3.8) is 0 Å². The number of ether oxygens (including phenoxy) is 1. The second kappa shape index (κ2) is 3.07. The van der Waals surface area contributed by atoms with Crippen LogP contribution in [0.3, 0.4) is 0 Å². The van der Waals surface area contributed by atoms with E-state index in [1.807, 2.05) is 0 Å². The first kappa shape index (κ1) is 10.2. The van der Waals surface area contributed by atoms with Gasteiger partial charge in [0.15, 0.2) is 0 Å². The standard InChI is InChI=1S/C12H20O2/c1-11(2)5-4-6-12(3)10(11)7-9(8-13)14-12/h7,9,13H,4-6,8H2,1-3H3/t9-,12+/m0/s1. The fourth-order valence-electron chi connectivity index (χ4n) is 3.02. The lowest BCUT2D eigenvalue weighted by Crippen LogP contribution is -2.39. The molecule has 0 aromatic carbocycles. The Morgan fingerprint density at radius 3 is 2.71 bits per heavy atom. The summed E-state index contributed by atoms with van der Waals surface area (Å²) in [5, 5.41) is 9.13. The first-order valence-corrected chi connectivity index (χ1v) is 5.49. The third-order valence-corrected chi connectivity index (χ3v) is 3.70. The molecular weight excluding hydrogens is 176 g/mol. The molecule has 80 valence electrons. The van der Waals surface area contributed by atoms with E-state index in [-0.39, 0.29) is 23.7 Å². The second-order valence-electron chi connectivity index (χ2n) is 5.39. The maximum absolute atomic E-state index is 9.13. The first-order chi connectivity index (χ1) is 6.48. The van der Waals surface area contributed by atoms with Crippen molar-refractivity contribution < 1.29 is 9.84 Å². The average molecular weight is 196 g/mol. The van der Waals surface area contributed by atoms with Crippen LogP contribution in [0.2, 0.25) is 0 Å². The third-order valence-electron chi connectivity index (χ3n) is 3.70. The molecule has 2 heteroatoms. The SMILES string of the molecule is CC1(C)CCC[C@@]2(C)O[C@H](CO)C=C12. The van der Waals surface area contributed by atoms with Gasteiger partial charge in [-0.15, -0.1) is 0 Å². The highest BCUT2D eigenvalue weighted by molar-refractivity contribution is 5.30. The monoisotopic (exact) mass is 196 g/mol. The molecule has 2 nitrogen and oxygen atoms in total. The third kappa shape index (κ3) is 1.41. The highest BCUT2D eigenvalue weighted by Gasteiger charge is 2.47. The minimum atomic E-state index is -0.102. The lowest BCUT2D eigenvalue weighted by atomic mass is 9.67. The maximum atomic E-state index is 9.13. The summed E-state index contributed by atoms with van der Waals surface area (Å²) in [7, 11) is 0. The Hall–Kier alpha value is -0.340. The molecule has 2 rings (SSSR count). The van der Waals surface area contributed by atoms with E-state index in [0.717, 1.165) is 6.42 Å². The molecule has 0 unspecified atom stereocenters. The van der Waals surface area contributed by atoms with Crippen molar-refractivity contribution >= 4 is 0 Å². The van der Waals surface area contributed by atoms with Crippen molar-refractivity contribution in [3.05, 3.63) is 11.6 Å². The van der Waals surface area contributed by atoms with Crippen LogP contribution >= 0.6 is 0 Å². The predicted molar refractivity (Wildman–Crippen MR) is 56.1 cm³/mol. The average Bonchev–Trinajstić information content (AvgIpc) is 2.43. The van der Waals surface area contributed by atoms with Gasteiger partial charge in [-0.3, -0.25) is 0 Å². The predicted octanol–water partition coefficient (Wildman–Crippen LogP) is 2.27. The molecular formula is C12H20O2. The minimum Gasteiger partial charge on any atom is -0.393 e. The highest BCUT2D eigenvalue weighted by atomic mass is 16.5. The van der Waals surface area contributed by atoms with Crippen LogP contribution in [-0.2, 0) is 4.74 Å². The van der Waals surface area contributed by atoms with E-state index in [4.69, 9.17) is 9.84 Å². The van der Waals surface area contributed by atoms with Gasteiger partial charge in [0.2, 0.25) is 0 Å². The van der Waals surface area contributed by atoms with Crippen LogP contribution in [0.1, 0.15) is 40.0 Å². The quantitative estimate of drug-likeness (QED) is 0.652. The lowest BCUT2D eigenvalue weighted by Gasteiger charge is -2.42. The molecule has 1 fully saturated rings. The van der Waals surface area contributed by atoms with Crippen LogP contribution in [-0.4, -0.2) is 23.4 Å². The van der Waals surface area contributed by atoms with Crippen LogP contribution in [0.5, 0.6) is 0 Å². The van der Waals surface area contributed by atoms with Gasteiger partial charge in [0.05, 0.1) is 12.2 Å². The summed E-state index contributed by atoms with van der Waals surface area (Å²) in [4.78, 5) is 0. The molecule has 0 aromatic rings. The number of hydrogen-bond acceptors (Lipinski definition) is 2. The molecule has 0 bridgehead atoms. The van der Waals surface area contributed by atoms with Crippen molar-refractivity contribution in [2.45, 2.75) is 51.7 Å². The Kier molecular flexibility index (Phi) is 2.24. The van der Waals surface area contributed by atoms with E-state index in [9.17, 15) is 0 Å². The molecule has 0 saturated heterocycles. The van der Waals surface area contributed by atoms with Gasteiger partial charge in [0.25, 0.3) is 0 Å². The first-order valence-electron chi connectivity index (χ1n) is 5.49. The number of hydrogen-bond donors (Lipinski definition) is 1. The number of rotatable bonds is 1. The van der Waals surface area contributed by atoms with Crippen molar-refractivity contribution in [1.29, 1.82) is 0 Å². The van der Waals surface area contributed by atoms with E-state index in [1.165, 1.54) is 18.4 Å². The smallest absolute Gasteiger partial charge is 0.100 e. The number of fused-ring (bicyclic) bond motifs is 1. The molecule has 1 aliphatic carbocycles. The second-order valence-corrected chi connectivity index (χ2v) is 5.39. The van der Waals surface area contributed by atoms with Crippen molar-refractivity contribution in [2.24, 2.45) is 5.41 Å². The molecule has 1 saturated carbocycles. The van der Waals surface area contributed by atoms with Crippen LogP contribution < -0.4 is 0 Å². The van der Waals surface area contributed by atoms with Crippen LogP contribution in [0.15, 0.2) is 11.6 Å². The van der Waals surface area contributed by atoms with E-state index < -0.39 is 0 Å². The van der Waals surface area contributed by atoms with Gasteiger partial charge >= 0.3 is 0 Å². The maximum Gasteiger partial charge on any atom is 0.100 e. The normalized spacial score (nSPS) is 40.6. The Morgan fingerprint density at radius 2 is 2.14 bits per heavy atom. The summed E-state index contributed by atoms with van der Waals surface area (Å²) >= 11 is 0. The summed E-state index contributed by atoms with van der Waals surface area (Å²) in [5.41, 5.74) is 1.54. The van der Waals surface area contributed by atoms with Gasteiger partial charge in [-0.05, 0) is 37.2 Å². The summed E-state index contributed by atoms with van der Waals surface area (Å²) in [6, 6.07) is 0. The Labute approximate surface area is 86.0 Å². The molecule has 1 heterocycles. The largest absolute Gasteiger partial charge is 0.393 e. The Morgan fingerprint density at radius 1 is 1.43 bits per heavy atom. The fraction of sp³-hybridized carbons (Fsp3) is 0.833. The molecule has 0 radical (unpaired) electrons. The van der Waals surface area contributed by atoms with Gasteiger partial charge in [-0.2, -0.15) is 0 Å². The van der Waals surface area contributed by atoms with Crippen molar-refractivity contribution in [2.75, 3.05) is 6.61 Å². The molecule has 0 amide bonds. The van der Waals surface area contributed by atoms with Gasteiger partial charge in [0.1, 0.15) is 6.10 Å². The highest BCUT2D eigenvalue weighted by Crippen LogP contribution is 2.50. The van der Waals surface area contributed by atoms with E-state index in [1.54, 1.807) is 0 Å². The van der Waals surface area contributed by atoms with Crippen LogP contribution in [0.25, 0.3) is 0 Å². The summed E-state index contributed by atoms with van der Waals surface area (Å²) in [6.45, 7) is 6.82. The zero-order valence-electron chi connectivity index (χ0n) is 9.34. The van der Waals surface area contributed by atoms with Crippen LogP contribution in [0, 0.1) is 5.41 Å². The topological polar surface area (TPSA) is 29.5 Å². The minimum absolute atomic E-state index is 0.0765. The molecule has 2 atom stereocenters. The molecule has 2 aliphatic rings. The van der Waals surface area contributed by atoms with Gasteiger partial charge < -0.3 is 9.84 Å². The van der Waals surface area contributed by atoms with E-state index >= 15 is 0 Å². The van der Waals surface area contributed by atoms with Crippen molar-refractivity contribution in [1.82, 2.24) is 0 Å². The molecule has 0 aromatic heterocycles. The summed E-state index contributed by atoms with van der Waals surface area (Å²) in [6.07, 6.45) is 5.61. The zero-order valence-corrected chi connectivity index (χ0v) is 9.34. The molecule has 14 heavy (non-hydrogen) atoms. The van der Waals surface area contributed by atoms with Gasteiger partial charge in [-0.25, -0.2) is 0 Å². The van der Waals surface area contributed by atoms with Crippen molar-refractivity contribution in [3.8, 4) is 0 Å². The zero-order chi connectivity index (χ0) is 10.4. The summed E-state index contributed by atoms with van der Waals surface area (Å²) < 4.78 is 5.90. The van der Waals surface area contributed by atoms with E-state index in [0.29, 0.717) is 0 Å². The fourth-order valence-corrected chi connectivity index (χ4v) is 3.02. The lowest BCUT2D eigenvalue weighted by molar-refractivity contribution is -0.0590. The van der Waals surface area contributed by atoms with E-state index in [2.05, 4.69) is 26.8 Å². The molecule has 1 aliphatic heterocycles. The number of aliphatic hydroxyl groups excluding tert-OH is 1. The Balaban J connectivity index is 2.32. The molecule has 1 N–H and O–H groups in total.